The third-order valence-corrected chi connectivity index (χ3v) is 5.47. The van der Waals surface area contributed by atoms with Crippen molar-refractivity contribution < 1.29 is 4.79 Å². The summed E-state index contributed by atoms with van der Waals surface area (Å²) in [6.45, 7) is 2.79. The molecule has 8 nitrogen and oxygen atoms in total. The molecule has 2 aromatic heterocycles. The van der Waals surface area contributed by atoms with Gasteiger partial charge in [0.1, 0.15) is 12.7 Å². The largest absolute Gasteiger partial charge is 0.325 e. The molecule has 1 N–H and O–H groups in total. The monoisotopic (exact) mass is 439 g/mol. The summed E-state index contributed by atoms with van der Waals surface area (Å²) in [5, 5.41) is 20.3. The molecule has 0 aliphatic carbocycles. The molecule has 4 aromatic rings. The fourth-order valence-electron chi connectivity index (χ4n) is 2.90. The van der Waals surface area contributed by atoms with Gasteiger partial charge in [-0.25, -0.2) is 0 Å². The van der Waals surface area contributed by atoms with E-state index in [4.69, 9.17) is 11.6 Å². The minimum absolute atomic E-state index is 0.144. The van der Waals surface area contributed by atoms with E-state index in [9.17, 15) is 4.79 Å². The molecule has 152 valence electrons. The summed E-state index contributed by atoms with van der Waals surface area (Å²) in [4.78, 5) is 12.5. The maximum Gasteiger partial charge on any atom is 0.234 e. The Morgan fingerprint density at radius 3 is 2.77 bits per heavy atom. The Kier molecular flexibility index (Phi) is 6.10. The van der Waals surface area contributed by atoms with Crippen molar-refractivity contribution in [2.75, 3.05) is 11.1 Å². The van der Waals surface area contributed by atoms with Gasteiger partial charge >= 0.3 is 0 Å². The molecule has 4 rings (SSSR count). The van der Waals surface area contributed by atoms with E-state index in [1.807, 2.05) is 54.0 Å². The Hall–Kier alpha value is -3.17. The number of benzene rings is 2. The number of thioether (sulfide) groups is 1. The molecule has 1 amide bonds. The molecule has 0 radical (unpaired) electrons. The standard InChI is InChI=1S/C20H18ClN7OS/c1-2-27-12-22-25-19(27)14-5-3-7-16(9-14)24-18(29)11-30-20-26-23-13-28(20)17-8-4-6-15(21)10-17/h3-10,12-13H,2,11H2,1H3,(H,24,29). The Morgan fingerprint density at radius 2 is 1.93 bits per heavy atom. The van der Waals surface area contributed by atoms with Crippen molar-refractivity contribution in [3.63, 3.8) is 0 Å². The highest BCUT2D eigenvalue weighted by Gasteiger charge is 2.12. The Balaban J connectivity index is 1.42. The quantitative estimate of drug-likeness (QED) is 0.439. The highest BCUT2D eigenvalue weighted by molar-refractivity contribution is 7.99. The topological polar surface area (TPSA) is 90.5 Å². The molecule has 0 saturated heterocycles. The van der Waals surface area contributed by atoms with Crippen molar-refractivity contribution in [3.8, 4) is 17.1 Å². The molecular formula is C20H18ClN7OS. The molecule has 10 heteroatoms. The number of anilines is 1. The van der Waals surface area contributed by atoms with Crippen molar-refractivity contribution in [2.45, 2.75) is 18.6 Å². The Labute approximate surface area is 182 Å². The number of amides is 1. The summed E-state index contributed by atoms with van der Waals surface area (Å²) in [6.07, 6.45) is 3.28. The van der Waals surface area contributed by atoms with Crippen LogP contribution in [-0.2, 0) is 11.3 Å². The maximum absolute atomic E-state index is 12.5. The lowest BCUT2D eigenvalue weighted by molar-refractivity contribution is -0.113. The number of hydrogen-bond acceptors (Lipinski definition) is 6. The number of rotatable bonds is 7. The second-order valence-electron chi connectivity index (χ2n) is 6.32. The summed E-state index contributed by atoms with van der Waals surface area (Å²) in [7, 11) is 0. The van der Waals surface area contributed by atoms with Crippen LogP contribution >= 0.6 is 23.4 Å². The van der Waals surface area contributed by atoms with E-state index < -0.39 is 0 Å². The van der Waals surface area contributed by atoms with Crippen molar-refractivity contribution in [2.24, 2.45) is 0 Å². The Morgan fingerprint density at radius 1 is 1.10 bits per heavy atom. The fraction of sp³-hybridized carbons (Fsp3) is 0.150. The molecule has 30 heavy (non-hydrogen) atoms. The molecule has 2 heterocycles. The van der Waals surface area contributed by atoms with E-state index in [2.05, 4.69) is 25.7 Å². The minimum atomic E-state index is -0.144. The molecule has 0 saturated carbocycles. The van der Waals surface area contributed by atoms with Gasteiger partial charge in [0.2, 0.25) is 5.91 Å². The van der Waals surface area contributed by atoms with Crippen LogP contribution in [-0.4, -0.2) is 41.2 Å². The zero-order chi connectivity index (χ0) is 20.9. The number of hydrogen-bond donors (Lipinski definition) is 1. The molecule has 0 spiro atoms. The summed E-state index contributed by atoms with van der Waals surface area (Å²) in [5.41, 5.74) is 2.42. The highest BCUT2D eigenvalue weighted by Crippen LogP contribution is 2.23. The first-order chi connectivity index (χ1) is 14.6. The number of carbonyl (C=O) groups is 1. The van der Waals surface area contributed by atoms with E-state index in [0.717, 1.165) is 23.6 Å². The van der Waals surface area contributed by atoms with Crippen LogP contribution in [0, 0.1) is 0 Å². The molecule has 0 unspecified atom stereocenters. The molecule has 2 aromatic carbocycles. The van der Waals surface area contributed by atoms with Crippen molar-refractivity contribution in [1.82, 2.24) is 29.5 Å². The van der Waals surface area contributed by atoms with E-state index in [0.29, 0.717) is 15.9 Å². The smallest absolute Gasteiger partial charge is 0.234 e. The first-order valence-electron chi connectivity index (χ1n) is 9.21. The summed E-state index contributed by atoms with van der Waals surface area (Å²) < 4.78 is 3.74. The molecule has 0 bridgehead atoms. The summed E-state index contributed by atoms with van der Waals surface area (Å²) in [6, 6.07) is 14.9. The number of aryl methyl sites for hydroxylation is 1. The molecule has 0 aliphatic heterocycles. The molecular weight excluding hydrogens is 422 g/mol. The third kappa shape index (κ3) is 4.52. The molecule has 0 aliphatic rings. The predicted molar refractivity (Wildman–Crippen MR) is 117 cm³/mol. The highest BCUT2D eigenvalue weighted by atomic mass is 35.5. The zero-order valence-electron chi connectivity index (χ0n) is 16.1. The molecule has 0 fully saturated rings. The van der Waals surface area contributed by atoms with Gasteiger partial charge < -0.3 is 9.88 Å². The number of nitrogens with one attached hydrogen (secondary N) is 1. The van der Waals surface area contributed by atoms with E-state index in [1.54, 1.807) is 23.3 Å². The van der Waals surface area contributed by atoms with Crippen LogP contribution in [0.2, 0.25) is 5.02 Å². The first kappa shape index (κ1) is 20.1. The van der Waals surface area contributed by atoms with Crippen LogP contribution in [0.15, 0.2) is 66.3 Å². The lowest BCUT2D eigenvalue weighted by Crippen LogP contribution is -2.14. The van der Waals surface area contributed by atoms with Gasteiger partial charge in [-0.05, 0) is 37.3 Å². The van der Waals surface area contributed by atoms with Crippen LogP contribution in [0.5, 0.6) is 0 Å². The average molecular weight is 440 g/mol. The summed E-state index contributed by atoms with van der Waals surface area (Å²) in [5.74, 6) is 0.807. The lowest BCUT2D eigenvalue weighted by atomic mass is 10.2. The van der Waals surface area contributed by atoms with Crippen LogP contribution in [0.25, 0.3) is 17.1 Å². The first-order valence-corrected chi connectivity index (χ1v) is 10.6. The average Bonchev–Trinajstić information content (AvgIpc) is 3.41. The van der Waals surface area contributed by atoms with Gasteiger partial charge in [0.25, 0.3) is 0 Å². The van der Waals surface area contributed by atoms with Gasteiger partial charge in [0.05, 0.1) is 11.4 Å². The van der Waals surface area contributed by atoms with Gasteiger partial charge in [-0.15, -0.1) is 20.4 Å². The predicted octanol–water partition coefficient (Wildman–Crippen LogP) is 3.93. The SMILES string of the molecule is CCn1cnnc1-c1cccc(NC(=O)CSc2nncn2-c2cccc(Cl)c2)c1. The number of nitrogens with zero attached hydrogens (tertiary/aromatic N) is 6. The lowest BCUT2D eigenvalue weighted by Gasteiger charge is -2.09. The Bertz CT molecular complexity index is 1170. The van der Waals surface area contributed by atoms with Gasteiger partial charge in [-0.2, -0.15) is 0 Å². The van der Waals surface area contributed by atoms with Gasteiger partial charge in [0, 0.05) is 22.8 Å². The van der Waals surface area contributed by atoms with Crippen molar-refractivity contribution in [1.29, 1.82) is 0 Å². The van der Waals surface area contributed by atoms with Crippen LogP contribution in [0.3, 0.4) is 0 Å². The van der Waals surface area contributed by atoms with Gasteiger partial charge in [-0.1, -0.05) is 41.6 Å². The zero-order valence-corrected chi connectivity index (χ0v) is 17.6. The molecule has 0 atom stereocenters. The van der Waals surface area contributed by atoms with E-state index in [-0.39, 0.29) is 11.7 Å². The van der Waals surface area contributed by atoms with Crippen LogP contribution < -0.4 is 5.32 Å². The van der Waals surface area contributed by atoms with Gasteiger partial charge in [-0.3, -0.25) is 9.36 Å². The van der Waals surface area contributed by atoms with Crippen molar-refractivity contribution in [3.05, 3.63) is 66.2 Å². The van der Waals surface area contributed by atoms with E-state index in [1.165, 1.54) is 11.8 Å². The second kappa shape index (κ2) is 9.10. The number of halogens is 1. The summed E-state index contributed by atoms with van der Waals surface area (Å²) >= 11 is 7.36. The third-order valence-electron chi connectivity index (χ3n) is 4.30. The minimum Gasteiger partial charge on any atom is -0.325 e. The number of carbonyl (C=O) groups excluding carboxylic acids is 1. The number of aromatic nitrogens is 6. The van der Waals surface area contributed by atoms with E-state index >= 15 is 0 Å². The second-order valence-corrected chi connectivity index (χ2v) is 7.70. The van der Waals surface area contributed by atoms with Crippen LogP contribution in [0.1, 0.15) is 6.92 Å². The van der Waals surface area contributed by atoms with Gasteiger partial charge in [0.15, 0.2) is 11.0 Å². The fourth-order valence-corrected chi connectivity index (χ4v) is 3.81. The maximum atomic E-state index is 12.5. The van der Waals surface area contributed by atoms with Crippen LogP contribution in [0.4, 0.5) is 5.69 Å². The normalized spacial score (nSPS) is 10.9. The van der Waals surface area contributed by atoms with Crippen molar-refractivity contribution >= 4 is 35.0 Å².